The minimum atomic E-state index is -0.0643. The zero-order valence-corrected chi connectivity index (χ0v) is 22.3. The van der Waals surface area contributed by atoms with Crippen molar-refractivity contribution in [3.05, 3.63) is 77.0 Å². The van der Waals surface area contributed by atoms with Gasteiger partial charge in [-0.15, -0.1) is 0 Å². The fourth-order valence-corrected chi connectivity index (χ4v) is 5.35. The first-order chi connectivity index (χ1) is 19.6. The highest BCUT2D eigenvalue weighted by Crippen LogP contribution is 2.29. The molecule has 9 nitrogen and oxygen atoms in total. The van der Waals surface area contributed by atoms with Gasteiger partial charge in [0, 0.05) is 50.4 Å². The van der Waals surface area contributed by atoms with Crippen LogP contribution in [0.4, 0.5) is 0 Å². The number of pyridine rings is 1. The highest BCUT2D eigenvalue weighted by Gasteiger charge is 2.24. The molecule has 0 saturated carbocycles. The highest BCUT2D eigenvalue weighted by atomic mass is 16.3. The molecule has 204 valence electrons. The summed E-state index contributed by atoms with van der Waals surface area (Å²) in [5.41, 5.74) is 4.70. The summed E-state index contributed by atoms with van der Waals surface area (Å²) in [5.74, 6) is 0.185. The van der Waals surface area contributed by atoms with Gasteiger partial charge in [-0.3, -0.25) is 14.7 Å². The van der Waals surface area contributed by atoms with Gasteiger partial charge in [-0.05, 0) is 73.4 Å². The molecule has 3 N–H and O–H groups in total. The number of carbonyl (C=O) groups excluding carboxylic acids is 2. The zero-order valence-electron chi connectivity index (χ0n) is 22.3. The maximum atomic E-state index is 13.7. The van der Waals surface area contributed by atoms with Crippen LogP contribution in [0.1, 0.15) is 51.2 Å². The molecule has 2 aromatic carbocycles. The Morgan fingerprint density at radius 1 is 0.825 bits per heavy atom. The lowest BCUT2D eigenvalue weighted by atomic mass is 10.0. The second-order valence-electron chi connectivity index (χ2n) is 10.3. The zero-order chi connectivity index (χ0) is 27.5. The number of hydrogen-bond acceptors (Lipinski definition) is 6. The summed E-state index contributed by atoms with van der Waals surface area (Å²) in [6, 6.07) is 16.2. The number of fused-ring (bicyclic) bond motifs is 1. The number of nitrogens with one attached hydrogen (secondary N) is 2. The monoisotopic (exact) mass is 536 g/mol. The van der Waals surface area contributed by atoms with E-state index in [4.69, 9.17) is 4.98 Å². The van der Waals surface area contributed by atoms with Crippen molar-refractivity contribution in [3.63, 3.8) is 0 Å². The SMILES string of the molecule is O=C(c1ccc(C=Cc2[nH]nc3nc(-c4ccc(O)cc4)cc(C(=O)N4CCNCC4)c23)cc1)N1CCCCC1. The van der Waals surface area contributed by atoms with Crippen molar-refractivity contribution < 1.29 is 14.7 Å². The molecule has 9 heteroatoms. The minimum Gasteiger partial charge on any atom is -0.508 e. The number of hydrogen-bond donors (Lipinski definition) is 3. The van der Waals surface area contributed by atoms with E-state index in [1.807, 2.05) is 52.3 Å². The van der Waals surface area contributed by atoms with Gasteiger partial charge in [0.15, 0.2) is 5.65 Å². The van der Waals surface area contributed by atoms with Gasteiger partial charge < -0.3 is 20.2 Å². The third kappa shape index (κ3) is 5.33. The van der Waals surface area contributed by atoms with Crippen LogP contribution in [0.3, 0.4) is 0 Å². The Hall–Kier alpha value is -4.50. The molecule has 2 aliphatic rings. The number of piperazine rings is 1. The molecule has 6 rings (SSSR count). The fraction of sp³-hybridized carbons (Fsp3) is 0.290. The van der Waals surface area contributed by atoms with E-state index < -0.39 is 0 Å². The number of carbonyl (C=O) groups is 2. The highest BCUT2D eigenvalue weighted by molar-refractivity contribution is 6.09. The smallest absolute Gasteiger partial charge is 0.254 e. The topological polar surface area (TPSA) is 114 Å². The van der Waals surface area contributed by atoms with E-state index in [1.165, 1.54) is 6.42 Å². The molecule has 2 amide bonds. The third-order valence-corrected chi connectivity index (χ3v) is 7.59. The molecule has 0 aliphatic carbocycles. The van der Waals surface area contributed by atoms with E-state index in [-0.39, 0.29) is 17.6 Å². The molecule has 2 fully saturated rings. The summed E-state index contributed by atoms with van der Waals surface area (Å²) in [4.78, 5) is 35.1. The quantitative estimate of drug-likeness (QED) is 0.353. The van der Waals surface area contributed by atoms with Crippen molar-refractivity contribution in [1.29, 1.82) is 0 Å². The van der Waals surface area contributed by atoms with Crippen molar-refractivity contribution in [2.24, 2.45) is 0 Å². The second-order valence-corrected chi connectivity index (χ2v) is 10.3. The standard InChI is InChI=1S/C31H32N6O3/c38-24-11-9-22(10-12-24)27-20-25(31(40)37-18-14-32-15-19-37)28-26(34-35-29(28)33-27)13-6-21-4-7-23(8-5-21)30(39)36-16-2-1-3-17-36/h4-13,20,32,38H,1-3,14-19H2,(H,33,34,35). The molecular weight excluding hydrogens is 504 g/mol. The Kier molecular flexibility index (Phi) is 7.29. The van der Waals surface area contributed by atoms with Crippen molar-refractivity contribution in [1.82, 2.24) is 30.3 Å². The Labute approximate surface area is 232 Å². The van der Waals surface area contributed by atoms with Crippen LogP contribution in [0.15, 0.2) is 54.6 Å². The first-order valence-corrected chi connectivity index (χ1v) is 13.8. The maximum Gasteiger partial charge on any atom is 0.254 e. The number of phenols is 1. The number of benzene rings is 2. The van der Waals surface area contributed by atoms with E-state index >= 15 is 0 Å². The number of phenolic OH excluding ortho intramolecular Hbond substituents is 1. The van der Waals surface area contributed by atoms with Crippen LogP contribution in [-0.4, -0.2) is 81.2 Å². The van der Waals surface area contributed by atoms with E-state index in [2.05, 4.69) is 15.5 Å². The van der Waals surface area contributed by atoms with Gasteiger partial charge in [-0.1, -0.05) is 18.2 Å². The molecular formula is C31H32N6O3. The lowest BCUT2D eigenvalue weighted by Gasteiger charge is -2.27. The summed E-state index contributed by atoms with van der Waals surface area (Å²) in [7, 11) is 0. The van der Waals surface area contributed by atoms with E-state index in [0.29, 0.717) is 46.6 Å². The predicted molar refractivity (Wildman–Crippen MR) is 155 cm³/mol. The van der Waals surface area contributed by atoms with Crippen LogP contribution in [0.2, 0.25) is 0 Å². The summed E-state index contributed by atoms with van der Waals surface area (Å²) in [5, 5.41) is 21.2. The lowest BCUT2D eigenvalue weighted by Crippen LogP contribution is -2.46. The molecule has 0 atom stereocenters. The van der Waals surface area contributed by atoms with E-state index in [9.17, 15) is 14.7 Å². The third-order valence-electron chi connectivity index (χ3n) is 7.59. The van der Waals surface area contributed by atoms with Crippen LogP contribution in [0, 0.1) is 0 Å². The van der Waals surface area contributed by atoms with Gasteiger partial charge in [0.1, 0.15) is 5.75 Å². The second kappa shape index (κ2) is 11.3. The molecule has 4 heterocycles. The number of aromatic hydroxyl groups is 1. The Morgan fingerprint density at radius 2 is 1.52 bits per heavy atom. The van der Waals surface area contributed by atoms with Gasteiger partial charge in [-0.2, -0.15) is 5.10 Å². The average Bonchev–Trinajstić information content (AvgIpc) is 3.43. The summed E-state index contributed by atoms with van der Waals surface area (Å²) < 4.78 is 0. The Bertz CT molecular complexity index is 1550. The van der Waals surface area contributed by atoms with Crippen LogP contribution in [-0.2, 0) is 0 Å². The number of amides is 2. The lowest BCUT2D eigenvalue weighted by molar-refractivity contribution is 0.0721. The van der Waals surface area contributed by atoms with Crippen LogP contribution in [0.5, 0.6) is 5.75 Å². The fourth-order valence-electron chi connectivity index (χ4n) is 5.35. The van der Waals surface area contributed by atoms with Gasteiger partial charge in [-0.25, -0.2) is 4.98 Å². The summed E-state index contributed by atoms with van der Waals surface area (Å²) >= 11 is 0. The number of nitrogens with zero attached hydrogens (tertiary/aromatic N) is 4. The molecule has 0 bridgehead atoms. The van der Waals surface area contributed by atoms with E-state index in [1.54, 1.807) is 24.3 Å². The number of H-pyrrole nitrogens is 1. The molecule has 40 heavy (non-hydrogen) atoms. The minimum absolute atomic E-state index is 0.0643. The molecule has 0 unspecified atom stereocenters. The van der Waals surface area contributed by atoms with Crippen molar-refractivity contribution >= 4 is 35.0 Å². The molecule has 4 aromatic rings. The number of piperidine rings is 1. The van der Waals surface area contributed by atoms with Crippen LogP contribution < -0.4 is 5.32 Å². The first-order valence-electron chi connectivity index (χ1n) is 13.8. The van der Waals surface area contributed by atoms with Gasteiger partial charge in [0.2, 0.25) is 0 Å². The van der Waals surface area contributed by atoms with Crippen molar-refractivity contribution in [2.45, 2.75) is 19.3 Å². The van der Waals surface area contributed by atoms with Crippen LogP contribution in [0.25, 0.3) is 34.4 Å². The number of likely N-dealkylation sites (tertiary alicyclic amines) is 1. The summed E-state index contributed by atoms with van der Waals surface area (Å²) in [6.45, 7) is 4.40. The number of aromatic amines is 1. The number of aromatic nitrogens is 3. The molecule has 0 radical (unpaired) electrons. The van der Waals surface area contributed by atoms with Gasteiger partial charge in [0.05, 0.1) is 22.3 Å². The first kappa shape index (κ1) is 25.8. The predicted octanol–water partition coefficient (Wildman–Crippen LogP) is 4.17. The summed E-state index contributed by atoms with van der Waals surface area (Å²) in [6.07, 6.45) is 7.15. The molecule has 2 saturated heterocycles. The Balaban J connectivity index is 1.32. The van der Waals surface area contributed by atoms with E-state index in [0.717, 1.165) is 50.1 Å². The normalized spacial score (nSPS) is 16.1. The molecule has 2 aromatic heterocycles. The molecule has 2 aliphatic heterocycles. The van der Waals surface area contributed by atoms with Gasteiger partial charge in [0.25, 0.3) is 11.8 Å². The largest absolute Gasteiger partial charge is 0.508 e. The van der Waals surface area contributed by atoms with Crippen molar-refractivity contribution in [2.75, 3.05) is 39.3 Å². The maximum absolute atomic E-state index is 13.7. The van der Waals surface area contributed by atoms with Crippen molar-refractivity contribution in [3.8, 4) is 17.0 Å². The van der Waals surface area contributed by atoms with Crippen LogP contribution >= 0.6 is 0 Å². The average molecular weight is 537 g/mol. The Morgan fingerprint density at radius 3 is 2.25 bits per heavy atom. The number of rotatable bonds is 5. The molecule has 0 spiro atoms. The van der Waals surface area contributed by atoms with Gasteiger partial charge >= 0.3 is 0 Å².